The molecule has 5 rings (SSSR count). The van der Waals surface area contributed by atoms with E-state index in [0.29, 0.717) is 44.7 Å². The van der Waals surface area contributed by atoms with Gasteiger partial charge < -0.3 is 15.1 Å². The molecule has 4 fully saturated rings. The minimum Gasteiger partial charge on any atom is -0.371 e. The van der Waals surface area contributed by atoms with Crippen LogP contribution in [0.5, 0.6) is 0 Å². The SMILES string of the molecule is N#Cc1ccc(N2CCC3(CC2)CN(C(=O)C2CCCC2)CC3C(=O)NC2CC2)cc1C(F)(F)F. The third-order valence-electron chi connectivity index (χ3n) is 8.46. The predicted octanol–water partition coefficient (Wildman–Crippen LogP) is 4.09. The molecule has 4 aliphatic rings. The van der Waals surface area contributed by atoms with Crippen LogP contribution >= 0.6 is 0 Å². The fourth-order valence-corrected chi connectivity index (χ4v) is 6.24. The Morgan fingerprint density at radius 2 is 1.77 bits per heavy atom. The Morgan fingerprint density at radius 3 is 2.37 bits per heavy atom. The van der Waals surface area contributed by atoms with Gasteiger partial charge >= 0.3 is 6.18 Å². The predicted molar refractivity (Wildman–Crippen MR) is 123 cm³/mol. The van der Waals surface area contributed by atoms with Crippen molar-refractivity contribution >= 4 is 17.5 Å². The van der Waals surface area contributed by atoms with E-state index < -0.39 is 11.7 Å². The number of nitriles is 1. The fourth-order valence-electron chi connectivity index (χ4n) is 6.24. The van der Waals surface area contributed by atoms with Gasteiger partial charge in [0.2, 0.25) is 11.8 Å². The average molecular weight is 489 g/mol. The van der Waals surface area contributed by atoms with Crippen molar-refractivity contribution in [1.29, 1.82) is 5.26 Å². The van der Waals surface area contributed by atoms with E-state index in [9.17, 15) is 22.8 Å². The Hall–Kier alpha value is -2.76. The molecule has 2 heterocycles. The lowest BCUT2D eigenvalue weighted by atomic mass is 9.70. The monoisotopic (exact) mass is 488 g/mol. The molecule has 9 heteroatoms. The second-order valence-corrected chi connectivity index (χ2v) is 10.7. The highest BCUT2D eigenvalue weighted by Crippen LogP contribution is 2.47. The molecule has 2 saturated carbocycles. The van der Waals surface area contributed by atoms with E-state index in [-0.39, 0.29) is 40.7 Å². The molecule has 1 aromatic carbocycles. The molecule has 1 atom stereocenters. The van der Waals surface area contributed by atoms with Gasteiger partial charge in [-0.1, -0.05) is 12.8 Å². The van der Waals surface area contributed by atoms with Crippen LogP contribution in [-0.2, 0) is 15.8 Å². The maximum absolute atomic E-state index is 13.5. The Balaban J connectivity index is 1.34. The summed E-state index contributed by atoms with van der Waals surface area (Å²) in [5.41, 5.74) is -1.23. The highest BCUT2D eigenvalue weighted by atomic mass is 19.4. The summed E-state index contributed by atoms with van der Waals surface area (Å²) in [6, 6.07) is 5.71. The van der Waals surface area contributed by atoms with E-state index in [1.807, 2.05) is 9.80 Å². The second-order valence-electron chi connectivity index (χ2n) is 10.7. The molecule has 2 aliphatic carbocycles. The minimum absolute atomic E-state index is 0.0143. The first-order valence-electron chi connectivity index (χ1n) is 12.7. The number of nitrogens with zero attached hydrogens (tertiary/aromatic N) is 3. The largest absolute Gasteiger partial charge is 0.417 e. The standard InChI is InChI=1S/C26H31F3N4O2/c27-26(28,29)21-13-20(8-5-18(21)14-30)32-11-9-25(10-12-32)16-33(24(35)17-3-1-2-4-17)15-22(25)23(34)31-19-6-7-19/h5,8,13,17,19,22H,1-4,6-7,9-12,15-16H2,(H,31,34). The molecule has 2 aliphatic heterocycles. The molecule has 1 spiro atoms. The summed E-state index contributed by atoms with van der Waals surface area (Å²) in [5, 5.41) is 12.2. The van der Waals surface area contributed by atoms with Crippen LogP contribution in [0.25, 0.3) is 0 Å². The summed E-state index contributed by atoms with van der Waals surface area (Å²) in [6.07, 6.45) is 2.60. The lowest BCUT2D eigenvalue weighted by Gasteiger charge is -2.43. The van der Waals surface area contributed by atoms with Gasteiger partial charge in [0.15, 0.2) is 0 Å². The van der Waals surface area contributed by atoms with Crippen LogP contribution in [0.1, 0.15) is 62.5 Å². The Bertz CT molecular complexity index is 1030. The second kappa shape index (κ2) is 9.03. The third-order valence-corrected chi connectivity index (χ3v) is 8.46. The summed E-state index contributed by atoms with van der Waals surface area (Å²) in [6.45, 7) is 1.98. The Morgan fingerprint density at radius 1 is 1.09 bits per heavy atom. The molecule has 0 aromatic heterocycles. The van der Waals surface area contributed by atoms with Crippen LogP contribution in [-0.4, -0.2) is 48.9 Å². The molecule has 0 radical (unpaired) electrons. The van der Waals surface area contributed by atoms with Gasteiger partial charge in [-0.3, -0.25) is 9.59 Å². The van der Waals surface area contributed by atoms with Gasteiger partial charge in [-0.2, -0.15) is 18.4 Å². The van der Waals surface area contributed by atoms with Gasteiger partial charge in [0.25, 0.3) is 0 Å². The fraction of sp³-hybridized carbons (Fsp3) is 0.654. The van der Waals surface area contributed by atoms with Gasteiger partial charge in [0.1, 0.15) is 0 Å². The number of rotatable bonds is 4. The molecule has 1 aromatic rings. The zero-order valence-corrected chi connectivity index (χ0v) is 19.7. The van der Waals surface area contributed by atoms with Crippen molar-refractivity contribution in [3.63, 3.8) is 0 Å². The molecule has 35 heavy (non-hydrogen) atoms. The first-order valence-corrected chi connectivity index (χ1v) is 12.7. The highest BCUT2D eigenvalue weighted by molar-refractivity contribution is 5.84. The van der Waals surface area contributed by atoms with E-state index in [4.69, 9.17) is 5.26 Å². The maximum atomic E-state index is 13.5. The summed E-state index contributed by atoms with van der Waals surface area (Å²) >= 11 is 0. The molecule has 1 unspecified atom stereocenters. The number of benzene rings is 1. The smallest absolute Gasteiger partial charge is 0.371 e. The Kier molecular flexibility index (Phi) is 6.18. The summed E-state index contributed by atoms with van der Waals surface area (Å²) in [5.74, 6) is -0.0625. The minimum atomic E-state index is -4.60. The zero-order valence-electron chi connectivity index (χ0n) is 19.7. The van der Waals surface area contributed by atoms with E-state index in [2.05, 4.69) is 5.32 Å². The van der Waals surface area contributed by atoms with Crippen molar-refractivity contribution in [2.75, 3.05) is 31.1 Å². The van der Waals surface area contributed by atoms with Crippen LogP contribution in [0, 0.1) is 28.6 Å². The number of anilines is 1. The maximum Gasteiger partial charge on any atom is 0.417 e. The van der Waals surface area contributed by atoms with Crippen LogP contribution in [0.4, 0.5) is 18.9 Å². The van der Waals surface area contributed by atoms with Crippen molar-refractivity contribution in [2.24, 2.45) is 17.3 Å². The molecule has 1 N–H and O–H groups in total. The lowest BCUT2D eigenvalue weighted by Crippen LogP contribution is -2.49. The van der Waals surface area contributed by atoms with E-state index in [1.54, 1.807) is 12.1 Å². The third kappa shape index (κ3) is 4.72. The number of hydrogen-bond acceptors (Lipinski definition) is 4. The van der Waals surface area contributed by atoms with Crippen LogP contribution in [0.2, 0.25) is 0 Å². The quantitative estimate of drug-likeness (QED) is 0.693. The number of piperidine rings is 1. The topological polar surface area (TPSA) is 76.4 Å². The molecule has 2 amide bonds. The number of halogens is 3. The summed E-state index contributed by atoms with van der Waals surface area (Å²) < 4.78 is 40.4. The number of nitrogens with one attached hydrogen (secondary N) is 1. The molecule has 6 nitrogen and oxygen atoms in total. The van der Waals surface area contributed by atoms with Crippen molar-refractivity contribution in [3.8, 4) is 6.07 Å². The van der Waals surface area contributed by atoms with Crippen LogP contribution in [0.15, 0.2) is 18.2 Å². The molecule has 0 bridgehead atoms. The van der Waals surface area contributed by atoms with Crippen molar-refractivity contribution in [3.05, 3.63) is 29.3 Å². The number of alkyl halides is 3. The van der Waals surface area contributed by atoms with Crippen LogP contribution < -0.4 is 10.2 Å². The lowest BCUT2D eigenvalue weighted by molar-refractivity contribution is -0.138. The highest BCUT2D eigenvalue weighted by Gasteiger charge is 2.53. The normalized spacial score (nSPS) is 24.6. The van der Waals surface area contributed by atoms with Gasteiger partial charge in [0, 0.05) is 49.2 Å². The van der Waals surface area contributed by atoms with Crippen LogP contribution in [0.3, 0.4) is 0 Å². The first kappa shape index (κ1) is 24.0. The molecule has 2 saturated heterocycles. The van der Waals surface area contributed by atoms with E-state index >= 15 is 0 Å². The molecular formula is C26H31F3N4O2. The van der Waals surface area contributed by atoms with Gasteiger partial charge in [-0.05, 0) is 56.7 Å². The van der Waals surface area contributed by atoms with Gasteiger partial charge in [-0.15, -0.1) is 0 Å². The molecule has 188 valence electrons. The molecular weight excluding hydrogens is 457 g/mol. The number of carbonyl (C=O) groups excluding carboxylic acids is 2. The van der Waals surface area contributed by atoms with Crippen molar-refractivity contribution in [1.82, 2.24) is 10.2 Å². The van der Waals surface area contributed by atoms with Gasteiger partial charge in [0.05, 0.1) is 23.1 Å². The van der Waals surface area contributed by atoms with Gasteiger partial charge in [-0.25, -0.2) is 0 Å². The van der Waals surface area contributed by atoms with E-state index in [1.165, 1.54) is 6.07 Å². The first-order chi connectivity index (χ1) is 16.7. The number of likely N-dealkylation sites (tertiary alicyclic amines) is 1. The number of carbonyl (C=O) groups is 2. The number of amides is 2. The summed E-state index contributed by atoms with van der Waals surface area (Å²) in [7, 11) is 0. The summed E-state index contributed by atoms with van der Waals surface area (Å²) in [4.78, 5) is 30.2. The van der Waals surface area contributed by atoms with Crippen molar-refractivity contribution in [2.45, 2.75) is 63.6 Å². The van der Waals surface area contributed by atoms with E-state index in [0.717, 1.165) is 44.6 Å². The number of hydrogen-bond donors (Lipinski definition) is 1. The van der Waals surface area contributed by atoms with Crippen molar-refractivity contribution < 1.29 is 22.8 Å². The average Bonchev–Trinajstić information content (AvgIpc) is 3.33. The zero-order chi connectivity index (χ0) is 24.8. The Labute approximate surface area is 203 Å².